The third-order valence-corrected chi connectivity index (χ3v) is 18.5. The molecule has 0 fully saturated rings. The molecule has 6 aromatic rings. The van der Waals surface area contributed by atoms with Crippen molar-refractivity contribution in [2.45, 2.75) is 166 Å². The number of fused-ring (bicyclic) bond motifs is 2. The number of rotatable bonds is 22. The van der Waals surface area contributed by atoms with Crippen LogP contribution in [0.3, 0.4) is 0 Å². The Hall–Kier alpha value is -8.40. The summed E-state index contributed by atoms with van der Waals surface area (Å²) in [5, 5.41) is 81.1. The van der Waals surface area contributed by atoms with Crippen LogP contribution in [-0.2, 0) is 76.4 Å². The van der Waals surface area contributed by atoms with E-state index in [1.165, 1.54) is 83.0 Å². The summed E-state index contributed by atoms with van der Waals surface area (Å²) < 4.78 is 66.3. The topological polar surface area (TPSA) is 519 Å². The largest absolute Gasteiger partial charge is 0.444 e. The van der Waals surface area contributed by atoms with Gasteiger partial charge in [0.2, 0.25) is 29.6 Å². The zero-order valence-electron chi connectivity index (χ0n) is 64.5. The van der Waals surface area contributed by atoms with Crippen molar-refractivity contribution < 1.29 is 85.4 Å². The average Bonchev–Trinajstić information content (AvgIpc) is 1.56. The molecule has 7 amide bonds. The molecule has 4 heterocycles. The molecule has 4 aromatic carbocycles. The van der Waals surface area contributed by atoms with E-state index in [1.54, 1.807) is 117 Å². The second-order valence-electron chi connectivity index (χ2n) is 26.7. The maximum Gasteiger partial charge on any atom is 0.408 e. The molecule has 8 rings (SSSR count). The smallest absolute Gasteiger partial charge is 0.408 e. The van der Waals surface area contributed by atoms with E-state index in [1.807, 2.05) is 12.1 Å². The van der Waals surface area contributed by atoms with Crippen molar-refractivity contribution in [3.63, 3.8) is 0 Å². The molecule has 2 aliphatic rings. The maximum absolute atomic E-state index is 14.0. The highest BCUT2D eigenvalue weighted by molar-refractivity contribution is 8.13. The van der Waals surface area contributed by atoms with Crippen LogP contribution in [0, 0.1) is 34.0 Å². The number of nitriles is 3. The molecule has 44 heteroatoms. The van der Waals surface area contributed by atoms with Crippen molar-refractivity contribution in [1.29, 1.82) is 15.8 Å². The van der Waals surface area contributed by atoms with Crippen LogP contribution in [0.15, 0.2) is 107 Å². The number of alkyl halides is 2. The van der Waals surface area contributed by atoms with Gasteiger partial charge in [-0.2, -0.15) is 20.5 Å². The fraction of sp³-hybridized carbons (Fsp3) is 0.437. The van der Waals surface area contributed by atoms with Crippen LogP contribution < -0.4 is 46.8 Å². The first kappa shape index (κ1) is 105. The zero-order valence-corrected chi connectivity index (χ0v) is 72.2. The maximum atomic E-state index is 14.0. The molecule has 0 bridgehead atoms. The van der Waals surface area contributed by atoms with Gasteiger partial charge in [0.1, 0.15) is 28.3 Å². The van der Waals surface area contributed by atoms with E-state index >= 15 is 0 Å². The molecule has 115 heavy (non-hydrogen) atoms. The lowest BCUT2D eigenvalue weighted by molar-refractivity contribution is -0.124. The number of anilines is 4. The second-order valence-corrected chi connectivity index (χ2v) is 33.4. The summed E-state index contributed by atoms with van der Waals surface area (Å²) in [5.41, 5.74) is 4.08. The van der Waals surface area contributed by atoms with Gasteiger partial charge >= 0.3 is 12.2 Å². The van der Waals surface area contributed by atoms with Gasteiger partial charge in [-0.3, -0.25) is 33.1 Å². The van der Waals surface area contributed by atoms with Crippen molar-refractivity contribution in [3.8, 4) is 18.2 Å². The molecular formula is C71H92Cl8N16O18S2. The predicted octanol–water partition coefficient (Wildman–Crippen LogP) is 8.13. The Morgan fingerprint density at radius 2 is 0.904 bits per heavy atom. The second kappa shape index (κ2) is 47.7. The molecule has 2 aliphatic heterocycles. The third-order valence-electron chi connectivity index (χ3n) is 14.8. The number of benzene rings is 4. The number of nitrogens with two attached hydrogens (primary N) is 1. The Morgan fingerprint density at radius 3 is 1.22 bits per heavy atom. The van der Waals surface area contributed by atoms with E-state index < -0.39 is 102 Å². The summed E-state index contributed by atoms with van der Waals surface area (Å²) in [6, 6.07) is 25.1. The first-order valence-corrected chi connectivity index (χ1v) is 40.2. The molecule has 0 spiro atoms. The van der Waals surface area contributed by atoms with Gasteiger partial charge in [-0.1, -0.05) is 70.7 Å². The monoisotopic (exact) mass is 1800 g/mol. The Balaban J connectivity index is 0.000000769. The van der Waals surface area contributed by atoms with Crippen LogP contribution in [0.2, 0.25) is 20.1 Å². The van der Waals surface area contributed by atoms with Crippen molar-refractivity contribution in [3.05, 3.63) is 140 Å². The molecule has 13 N–H and O–H groups in total. The highest BCUT2D eigenvalue weighted by atomic mass is 35.7. The number of hydrogen-bond acceptors (Lipinski definition) is 24. The Labute approximate surface area is 707 Å². The fourth-order valence-electron chi connectivity index (χ4n) is 9.88. The van der Waals surface area contributed by atoms with Crippen molar-refractivity contribution in [1.82, 2.24) is 50.4 Å². The van der Waals surface area contributed by atoms with Crippen LogP contribution in [0.25, 0.3) is 0 Å². The molecule has 0 radical (unpaired) electrons. The number of aromatic nitrogens is 4. The summed E-state index contributed by atoms with van der Waals surface area (Å²) in [4.78, 5) is 95.1. The standard InChI is InChI=1S/C25H24Cl2N6O5S.C20H13Cl3N4O3S.C10H20N2O4.C8H17NO4.C5H12N2O2.C2H3N.CH2Cl2.ClH/c1-15(22(35)29-7-8-34)31-39(37,38)21-14-30-24-32(20-10-18(26)9-19(27)11-20)23(36)25(2,33(21)24)12-16-3-5-17(13-28)6-4-16;1-20(9-12-2-4-13(10-24)5-3-12)18(28)26(16-7-14(21)6-15(22)8-16)19-25-11-17(27(19)20)31(23,29)30;1-7(8(14)11-5-6-13)12-9(15)16-10(2,3)4;1-5(6(10)11)9-7(12)13-8(2,3)4;1-4(6)5(9)7-2-3-8;1-2-3;2-1-3;/h3-6,9-11,14-15,31,34H,7-8,12H2,1-2H3,(H,29,35);2-8,11H,9H2,1H3;7,13H,5-6H2,1-4H3,(H,11,14)(H,12,15);5-6,10-11H,1-4H3,(H,9,12);4,8H,2-3,6H2,1H3,(H,7,9);1H3;1H2;1H/t15-,25+;20-;7-;5-;4-;;;/m01000.../s1. The van der Waals surface area contributed by atoms with Crippen LogP contribution in [0.1, 0.15) is 112 Å². The van der Waals surface area contributed by atoms with Crippen molar-refractivity contribution in [2.75, 3.05) is 54.6 Å². The lowest BCUT2D eigenvalue weighted by Crippen LogP contribution is -2.47. The number of alkyl carbamates (subject to hydrolysis) is 2. The number of halogens is 8. The number of nitrogens with zero attached hydrogens (tertiary/aromatic N) is 9. The van der Waals surface area contributed by atoms with Gasteiger partial charge in [0.25, 0.3) is 30.9 Å². The molecule has 0 aliphatic carbocycles. The summed E-state index contributed by atoms with van der Waals surface area (Å²) in [5.74, 6) is -2.05. The first-order chi connectivity index (χ1) is 52.9. The van der Waals surface area contributed by atoms with Crippen molar-refractivity contribution in [2.24, 2.45) is 5.73 Å². The molecule has 0 saturated carbocycles. The number of sulfonamides is 1. The summed E-state index contributed by atoms with van der Waals surface area (Å²) in [6.07, 6.45) is -0.468. The van der Waals surface area contributed by atoms with E-state index in [2.05, 4.69) is 41.3 Å². The highest BCUT2D eigenvalue weighted by Gasteiger charge is 2.53. The number of nitrogens with one attached hydrogen (secondary N) is 6. The number of carbonyl (C=O) groups excluding carboxylic acids is 7. The number of imidazole rings is 2. The van der Waals surface area contributed by atoms with Crippen LogP contribution in [0.5, 0.6) is 0 Å². The third kappa shape index (κ3) is 32.6. The predicted molar refractivity (Wildman–Crippen MR) is 436 cm³/mol. The molecule has 0 unspecified atom stereocenters. The summed E-state index contributed by atoms with van der Waals surface area (Å²) >= 11 is 34.2. The van der Waals surface area contributed by atoms with Gasteiger partial charge in [0.05, 0.1) is 96.4 Å². The fourth-order valence-corrected chi connectivity index (χ4v) is 13.3. The summed E-state index contributed by atoms with van der Waals surface area (Å²) in [6.45, 7) is 20.9. The van der Waals surface area contributed by atoms with Gasteiger partial charge in [-0.25, -0.2) is 46.2 Å². The molecule has 0 saturated heterocycles. The van der Waals surface area contributed by atoms with E-state index in [9.17, 15) is 50.4 Å². The molecule has 632 valence electrons. The van der Waals surface area contributed by atoms with E-state index in [0.29, 0.717) is 38.1 Å². The number of carbonyl (C=O) groups is 7. The quantitative estimate of drug-likeness (QED) is 0.0173. The number of aliphatic hydroxyl groups excluding tert-OH is 4. The molecular weight excluding hydrogens is 1710 g/mol. The lowest BCUT2D eigenvalue weighted by Gasteiger charge is -2.27. The zero-order chi connectivity index (χ0) is 87.2. The van der Waals surface area contributed by atoms with Crippen LogP contribution in [0.4, 0.5) is 32.9 Å². The van der Waals surface area contributed by atoms with Crippen molar-refractivity contribution >= 4 is 177 Å². The number of amides is 7. The van der Waals surface area contributed by atoms with Gasteiger partial charge in [-0.15, -0.1) is 35.6 Å². The van der Waals surface area contributed by atoms with E-state index in [-0.39, 0.29) is 114 Å². The molecule has 34 nitrogen and oxygen atoms in total. The number of hydrogen-bond donors (Lipinski definition) is 12. The Bertz CT molecular complexity index is 4610. The first-order valence-electron chi connectivity index (χ1n) is 33.9. The SMILES string of the molecule is CC#N.C[C@@]1(Cc2ccc(C#N)cc2)C(=O)N(c2cc(Cl)cc(Cl)c2)c2ncc(S(=O)(=O)Cl)n21.C[C@H](N)C(=O)NCCO.C[C@H](NC(=O)OC(C)(C)C)C(=O)NCCO.C[C@H](NC(=O)OC(C)(C)C)C(O)O.C[C@H](NS(=O)(=O)c1cnc2n1[C@](C)(Cc1ccc(C#N)cc1)C(=O)N2c1cc(Cl)cc(Cl)c1)C(=O)NCCO.Cl.ClCCl. The van der Waals surface area contributed by atoms with Gasteiger partial charge in [0, 0.05) is 70.2 Å². The van der Waals surface area contributed by atoms with E-state index in [0.717, 1.165) is 18.0 Å². The lowest BCUT2D eigenvalue weighted by atomic mass is 9.91. The minimum Gasteiger partial charge on any atom is -0.444 e. The number of aliphatic hydroxyl groups is 5. The van der Waals surface area contributed by atoms with Gasteiger partial charge < -0.3 is 67.3 Å². The minimum atomic E-state index is -4.38. The molecule has 6 atom stereocenters. The summed E-state index contributed by atoms with van der Waals surface area (Å²) in [7, 11) is -2.93. The highest BCUT2D eigenvalue weighted by Crippen LogP contribution is 2.47. The van der Waals surface area contributed by atoms with Gasteiger partial charge in [-0.05, 0) is 155 Å². The minimum absolute atomic E-state index is 0. The Kier molecular flexibility index (Phi) is 43.4. The normalized spacial score (nSPS) is 15.4. The Morgan fingerprint density at radius 1 is 0.583 bits per heavy atom. The van der Waals surface area contributed by atoms with E-state index in [4.69, 9.17) is 137 Å². The molecule has 2 aromatic heterocycles. The number of ether oxygens (including phenoxy) is 2. The van der Waals surface area contributed by atoms with Crippen LogP contribution >= 0.6 is 92.7 Å². The average molecular weight is 1810 g/mol. The van der Waals surface area contributed by atoms with Crippen LogP contribution in [-0.4, -0.2) is 190 Å². The van der Waals surface area contributed by atoms with Gasteiger partial charge in [0.15, 0.2) is 16.3 Å².